The van der Waals surface area contributed by atoms with Crippen LogP contribution >= 0.6 is 11.3 Å². The van der Waals surface area contributed by atoms with Crippen molar-refractivity contribution in [1.29, 1.82) is 0 Å². The van der Waals surface area contributed by atoms with Gasteiger partial charge >= 0.3 is 5.97 Å². The third-order valence-electron chi connectivity index (χ3n) is 2.62. The van der Waals surface area contributed by atoms with E-state index in [2.05, 4.69) is 0 Å². The van der Waals surface area contributed by atoms with Crippen LogP contribution in [0.15, 0.2) is 40.3 Å². The van der Waals surface area contributed by atoms with Crippen molar-refractivity contribution < 1.29 is 19.1 Å². The van der Waals surface area contributed by atoms with Gasteiger partial charge in [0.25, 0.3) is 5.91 Å². The highest BCUT2D eigenvalue weighted by Crippen LogP contribution is 2.21. The molecule has 0 atom stereocenters. The van der Waals surface area contributed by atoms with E-state index < -0.39 is 5.97 Å². The summed E-state index contributed by atoms with van der Waals surface area (Å²) >= 11 is 1.28. The van der Waals surface area contributed by atoms with Crippen molar-refractivity contribution >= 4 is 29.3 Å². The highest BCUT2D eigenvalue weighted by molar-refractivity contribution is 7.12. The fraction of sp³-hybridized carbons (Fsp3) is 0.143. The number of carbonyl (C=O) groups is 2. The molecule has 5 nitrogen and oxygen atoms in total. The van der Waals surface area contributed by atoms with E-state index >= 15 is 0 Å². The molecule has 0 aromatic carbocycles. The van der Waals surface area contributed by atoms with Gasteiger partial charge in [-0.05, 0) is 35.2 Å². The van der Waals surface area contributed by atoms with Gasteiger partial charge in [-0.1, -0.05) is 0 Å². The molecule has 2 aromatic rings. The van der Waals surface area contributed by atoms with Crippen LogP contribution in [0.1, 0.15) is 21.0 Å². The summed E-state index contributed by atoms with van der Waals surface area (Å²) in [5, 5.41) is 10.4. The molecule has 0 bridgehead atoms. The van der Waals surface area contributed by atoms with Gasteiger partial charge < -0.3 is 14.4 Å². The summed E-state index contributed by atoms with van der Waals surface area (Å²) in [6.07, 6.45) is 4.00. The second-order valence-electron chi connectivity index (χ2n) is 4.12. The number of carboxylic acids is 1. The molecule has 0 saturated carbocycles. The van der Waals surface area contributed by atoms with Crippen molar-refractivity contribution in [2.75, 3.05) is 7.05 Å². The van der Waals surface area contributed by atoms with Gasteiger partial charge in [0.1, 0.15) is 5.76 Å². The summed E-state index contributed by atoms with van der Waals surface area (Å²) in [5.74, 6) is -0.514. The van der Waals surface area contributed by atoms with E-state index in [1.807, 2.05) is 0 Å². The molecule has 20 heavy (non-hydrogen) atoms. The fourth-order valence-corrected chi connectivity index (χ4v) is 2.55. The van der Waals surface area contributed by atoms with Crippen LogP contribution in [0.2, 0.25) is 0 Å². The summed E-state index contributed by atoms with van der Waals surface area (Å²) < 4.78 is 5.20. The minimum absolute atomic E-state index is 0.165. The summed E-state index contributed by atoms with van der Waals surface area (Å²) in [4.78, 5) is 24.9. The molecule has 0 spiro atoms. The normalized spacial score (nSPS) is 10.8. The molecule has 2 heterocycles. The maximum absolute atomic E-state index is 12.3. The number of carboxylic acid groups (broad SMARTS) is 1. The third-order valence-corrected chi connectivity index (χ3v) is 3.53. The molecule has 2 rings (SSSR count). The molecule has 1 amide bonds. The largest absolute Gasteiger partial charge is 0.478 e. The molecule has 0 aliphatic heterocycles. The van der Waals surface area contributed by atoms with Crippen LogP contribution in [0.25, 0.3) is 6.08 Å². The van der Waals surface area contributed by atoms with E-state index in [1.165, 1.54) is 22.3 Å². The van der Waals surface area contributed by atoms with Crippen molar-refractivity contribution in [3.8, 4) is 0 Å². The topological polar surface area (TPSA) is 70.8 Å². The number of hydrogen-bond acceptors (Lipinski definition) is 4. The Kier molecular flexibility index (Phi) is 4.37. The van der Waals surface area contributed by atoms with Crippen LogP contribution in [-0.2, 0) is 11.3 Å². The summed E-state index contributed by atoms with van der Waals surface area (Å²) in [7, 11) is 1.68. The molecule has 2 aromatic heterocycles. The number of hydrogen-bond donors (Lipinski definition) is 1. The van der Waals surface area contributed by atoms with Crippen molar-refractivity contribution in [2.24, 2.45) is 0 Å². The van der Waals surface area contributed by atoms with Gasteiger partial charge in [0, 0.05) is 13.1 Å². The standard InChI is InChI=1S/C14H13NO4S/c1-15(9-11-3-2-7-19-11)14(18)13-10(6-8-20-13)4-5-12(16)17/h2-8H,9H2,1H3,(H,16,17). The first kappa shape index (κ1) is 14.1. The molecule has 0 aliphatic rings. The van der Waals surface area contributed by atoms with Gasteiger partial charge in [-0.2, -0.15) is 0 Å². The number of carbonyl (C=O) groups excluding carboxylic acids is 1. The third kappa shape index (κ3) is 3.36. The van der Waals surface area contributed by atoms with Gasteiger partial charge in [-0.15, -0.1) is 11.3 Å². The maximum Gasteiger partial charge on any atom is 0.328 e. The van der Waals surface area contributed by atoms with Crippen LogP contribution in [0.5, 0.6) is 0 Å². The SMILES string of the molecule is CN(Cc1ccco1)C(=O)c1sccc1C=CC(=O)O. The molecule has 0 unspecified atom stereocenters. The molecule has 0 fully saturated rings. The molecule has 0 radical (unpaired) electrons. The van der Waals surface area contributed by atoms with E-state index in [0.717, 1.165) is 6.08 Å². The van der Waals surface area contributed by atoms with E-state index in [1.54, 1.807) is 36.9 Å². The van der Waals surface area contributed by atoms with E-state index in [-0.39, 0.29) is 5.91 Å². The lowest BCUT2D eigenvalue weighted by Crippen LogP contribution is -2.25. The van der Waals surface area contributed by atoms with Gasteiger partial charge in [0.05, 0.1) is 17.7 Å². The Bertz CT molecular complexity index is 627. The second-order valence-corrected chi connectivity index (χ2v) is 5.03. The Morgan fingerprint density at radius 2 is 2.25 bits per heavy atom. The maximum atomic E-state index is 12.3. The Hall–Kier alpha value is -2.34. The van der Waals surface area contributed by atoms with Crippen molar-refractivity contribution in [3.63, 3.8) is 0 Å². The minimum atomic E-state index is -1.04. The smallest absolute Gasteiger partial charge is 0.328 e. The number of rotatable bonds is 5. The first-order valence-electron chi connectivity index (χ1n) is 5.84. The predicted octanol–water partition coefficient (Wildman–Crippen LogP) is 2.71. The number of thiophene rings is 1. The highest BCUT2D eigenvalue weighted by Gasteiger charge is 2.17. The first-order chi connectivity index (χ1) is 9.58. The van der Waals surface area contributed by atoms with Crippen LogP contribution in [0.3, 0.4) is 0 Å². The molecule has 0 aliphatic carbocycles. The predicted molar refractivity (Wildman–Crippen MR) is 75.5 cm³/mol. The average molecular weight is 291 g/mol. The lowest BCUT2D eigenvalue weighted by molar-refractivity contribution is -0.131. The first-order valence-corrected chi connectivity index (χ1v) is 6.72. The Morgan fingerprint density at radius 3 is 2.90 bits per heavy atom. The molecule has 1 N–H and O–H groups in total. The van der Waals surface area contributed by atoms with Gasteiger partial charge in [0.2, 0.25) is 0 Å². The molecular formula is C14H13NO4S. The Morgan fingerprint density at radius 1 is 1.45 bits per heavy atom. The van der Waals surface area contributed by atoms with E-state index in [4.69, 9.17) is 9.52 Å². The van der Waals surface area contributed by atoms with Gasteiger partial charge in [-0.25, -0.2) is 4.79 Å². The minimum Gasteiger partial charge on any atom is -0.478 e. The molecule has 104 valence electrons. The number of amides is 1. The highest BCUT2D eigenvalue weighted by atomic mass is 32.1. The van der Waals surface area contributed by atoms with Crippen LogP contribution in [0.4, 0.5) is 0 Å². The molecule has 0 saturated heterocycles. The second kappa shape index (κ2) is 6.21. The Balaban J connectivity index is 2.13. The van der Waals surface area contributed by atoms with Crippen molar-refractivity contribution in [3.05, 3.63) is 52.1 Å². The van der Waals surface area contributed by atoms with Crippen molar-refractivity contribution in [1.82, 2.24) is 4.90 Å². The van der Waals surface area contributed by atoms with Gasteiger partial charge in [-0.3, -0.25) is 4.79 Å². The van der Waals surface area contributed by atoms with E-state index in [9.17, 15) is 9.59 Å². The summed E-state index contributed by atoms with van der Waals surface area (Å²) in [6.45, 7) is 0.367. The number of aliphatic carboxylic acids is 1. The zero-order valence-electron chi connectivity index (χ0n) is 10.8. The lowest BCUT2D eigenvalue weighted by Gasteiger charge is -2.15. The van der Waals surface area contributed by atoms with Crippen LogP contribution < -0.4 is 0 Å². The van der Waals surface area contributed by atoms with Crippen LogP contribution in [-0.4, -0.2) is 28.9 Å². The summed E-state index contributed by atoms with van der Waals surface area (Å²) in [5.41, 5.74) is 0.605. The quantitative estimate of drug-likeness (QED) is 0.860. The Labute approximate surface area is 119 Å². The van der Waals surface area contributed by atoms with Crippen LogP contribution in [0, 0.1) is 0 Å². The molecular weight excluding hydrogens is 278 g/mol. The fourth-order valence-electron chi connectivity index (χ4n) is 1.67. The number of furan rings is 1. The van der Waals surface area contributed by atoms with Crippen molar-refractivity contribution in [2.45, 2.75) is 6.54 Å². The zero-order chi connectivity index (χ0) is 14.5. The van der Waals surface area contributed by atoms with E-state index in [0.29, 0.717) is 22.7 Å². The average Bonchev–Trinajstić information content (AvgIpc) is 3.06. The lowest BCUT2D eigenvalue weighted by atomic mass is 10.2. The van der Waals surface area contributed by atoms with Gasteiger partial charge in [0.15, 0.2) is 0 Å². The monoisotopic (exact) mass is 291 g/mol. The summed E-state index contributed by atoms with van der Waals surface area (Å²) in [6, 6.07) is 5.28. The zero-order valence-corrected chi connectivity index (χ0v) is 11.6. The molecule has 6 heteroatoms. The number of nitrogens with zero attached hydrogens (tertiary/aromatic N) is 1.